The Kier molecular flexibility index (Phi) is 6.28. The van der Waals surface area contributed by atoms with Gasteiger partial charge in [-0.3, -0.25) is 0 Å². The van der Waals surface area contributed by atoms with Gasteiger partial charge in [0.2, 0.25) is 0 Å². The van der Waals surface area contributed by atoms with Gasteiger partial charge in [0.25, 0.3) is 0 Å². The van der Waals surface area contributed by atoms with Crippen molar-refractivity contribution in [2.45, 2.75) is 69.9 Å². The first-order valence-corrected chi connectivity index (χ1v) is 11.2. The van der Waals surface area contributed by atoms with Gasteiger partial charge in [-0.15, -0.1) is 0 Å². The summed E-state index contributed by atoms with van der Waals surface area (Å²) < 4.78 is 6.31. The molecule has 1 aromatic heterocycles. The molecule has 0 radical (unpaired) electrons. The Bertz CT molecular complexity index is 1050. The van der Waals surface area contributed by atoms with E-state index in [1.807, 2.05) is 32.0 Å². The second kappa shape index (κ2) is 9.13. The highest BCUT2D eigenvalue weighted by molar-refractivity contribution is 6.15. The molecule has 2 aliphatic rings. The quantitative estimate of drug-likeness (QED) is 0.523. The van der Waals surface area contributed by atoms with Crippen LogP contribution in [0, 0.1) is 11.3 Å². The minimum absolute atomic E-state index is 0.164. The summed E-state index contributed by atoms with van der Waals surface area (Å²) in [6.07, 6.45) is 6.58. The monoisotopic (exact) mass is 434 g/mol. The number of oxime groups is 1. The second-order valence-electron chi connectivity index (χ2n) is 9.00. The molecular formula is C24H30N6O2. The number of benzene rings is 1. The zero-order valence-corrected chi connectivity index (χ0v) is 18.7. The number of fused-ring (bicyclic) bond motifs is 3. The molecule has 0 unspecified atom stereocenters. The lowest BCUT2D eigenvalue weighted by Gasteiger charge is -2.35. The largest absolute Gasteiger partial charge is 0.490 e. The van der Waals surface area contributed by atoms with Crippen LogP contribution in [-0.4, -0.2) is 34.4 Å². The Morgan fingerprint density at radius 2 is 1.97 bits per heavy atom. The topological polar surface area (TPSA) is 132 Å². The molecule has 1 saturated carbocycles. The lowest BCUT2D eigenvalue weighted by atomic mass is 9.70. The molecule has 0 spiro atoms. The summed E-state index contributed by atoms with van der Waals surface area (Å²) in [4.78, 5) is 14.4. The Labute approximate surface area is 188 Å². The number of nitrogen functional groups attached to an aromatic ring is 1. The van der Waals surface area contributed by atoms with E-state index in [0.717, 1.165) is 59.5 Å². The van der Waals surface area contributed by atoms with Crippen molar-refractivity contribution >= 4 is 11.5 Å². The normalized spacial score (nSPS) is 22.5. The third-order valence-electron chi connectivity index (χ3n) is 6.30. The molecule has 0 atom stereocenters. The summed E-state index contributed by atoms with van der Waals surface area (Å²) in [5, 5.41) is 13.3. The molecule has 0 aliphatic heterocycles. The number of anilines is 1. The highest BCUT2D eigenvalue weighted by Gasteiger charge is 2.41. The average Bonchev–Trinajstić information content (AvgIpc) is 2.77. The highest BCUT2D eigenvalue weighted by Crippen LogP contribution is 2.45. The standard InChI is InChI=1S/C24H30N6O2/c1-24(2)20-21(28-14-29-23(20)27)18-10-9-17(32-16-7-5-15(26)6-8-16)13-19(18)22(24)30-31-12-4-3-11-25/h9-10,13-16H,3-8,12,26H2,1-2H3,(H2,27,28,29)/b30-22+. The molecule has 8 heteroatoms. The molecule has 1 fully saturated rings. The van der Waals surface area contributed by atoms with E-state index >= 15 is 0 Å². The summed E-state index contributed by atoms with van der Waals surface area (Å²) in [5.74, 6) is 1.23. The molecule has 32 heavy (non-hydrogen) atoms. The molecule has 4 N–H and O–H groups in total. The molecule has 2 aliphatic carbocycles. The van der Waals surface area contributed by atoms with Crippen LogP contribution >= 0.6 is 0 Å². The van der Waals surface area contributed by atoms with Crippen LogP contribution in [-0.2, 0) is 10.3 Å². The summed E-state index contributed by atoms with van der Waals surface area (Å²) in [7, 11) is 0. The number of rotatable bonds is 6. The van der Waals surface area contributed by atoms with Crippen molar-refractivity contribution in [1.82, 2.24) is 9.97 Å². The fourth-order valence-electron chi connectivity index (χ4n) is 4.56. The lowest BCUT2D eigenvalue weighted by Crippen LogP contribution is -2.36. The van der Waals surface area contributed by atoms with E-state index in [0.29, 0.717) is 25.3 Å². The molecule has 8 nitrogen and oxygen atoms in total. The number of hydrogen-bond acceptors (Lipinski definition) is 8. The minimum Gasteiger partial charge on any atom is -0.490 e. The van der Waals surface area contributed by atoms with Crippen LogP contribution in [0.1, 0.15) is 63.5 Å². The molecule has 1 heterocycles. The van der Waals surface area contributed by atoms with Gasteiger partial charge < -0.3 is 21.0 Å². The Balaban J connectivity index is 1.72. The number of hydrogen-bond donors (Lipinski definition) is 2. The predicted octanol–water partition coefficient (Wildman–Crippen LogP) is 3.69. The van der Waals surface area contributed by atoms with Crippen molar-refractivity contribution in [2.75, 3.05) is 12.3 Å². The van der Waals surface area contributed by atoms with E-state index in [-0.39, 0.29) is 12.1 Å². The molecule has 0 bridgehead atoms. The van der Waals surface area contributed by atoms with E-state index in [1.54, 1.807) is 0 Å². The molecule has 2 aromatic rings. The van der Waals surface area contributed by atoms with Gasteiger partial charge in [0.1, 0.15) is 24.5 Å². The van der Waals surface area contributed by atoms with Crippen LogP contribution < -0.4 is 16.2 Å². The molecule has 1 aromatic carbocycles. The van der Waals surface area contributed by atoms with Gasteiger partial charge >= 0.3 is 0 Å². The van der Waals surface area contributed by atoms with Gasteiger partial charge in [-0.2, -0.15) is 5.26 Å². The number of ether oxygens (including phenoxy) is 1. The maximum atomic E-state index is 8.76. The summed E-state index contributed by atoms with van der Waals surface area (Å²) in [6.45, 7) is 4.46. The van der Waals surface area contributed by atoms with Crippen LogP contribution in [0.2, 0.25) is 0 Å². The van der Waals surface area contributed by atoms with Crippen molar-refractivity contribution in [2.24, 2.45) is 10.9 Å². The van der Waals surface area contributed by atoms with E-state index < -0.39 is 5.41 Å². The first kappa shape index (κ1) is 22.0. The average molecular weight is 435 g/mol. The van der Waals surface area contributed by atoms with Crippen LogP contribution in [0.4, 0.5) is 5.82 Å². The van der Waals surface area contributed by atoms with Crippen LogP contribution in [0.25, 0.3) is 11.3 Å². The van der Waals surface area contributed by atoms with E-state index in [4.69, 9.17) is 26.3 Å². The molecule has 4 rings (SSSR count). The summed E-state index contributed by atoms with van der Waals surface area (Å²) in [5.41, 5.74) is 16.0. The maximum Gasteiger partial charge on any atom is 0.131 e. The van der Waals surface area contributed by atoms with Gasteiger partial charge in [0, 0.05) is 34.6 Å². The summed E-state index contributed by atoms with van der Waals surface area (Å²) >= 11 is 0. The minimum atomic E-state index is -0.570. The van der Waals surface area contributed by atoms with Gasteiger partial charge in [0.05, 0.1) is 23.6 Å². The first-order chi connectivity index (χ1) is 15.4. The van der Waals surface area contributed by atoms with Gasteiger partial charge in [-0.25, -0.2) is 9.97 Å². The Morgan fingerprint density at radius 3 is 2.72 bits per heavy atom. The second-order valence-corrected chi connectivity index (χ2v) is 9.00. The highest BCUT2D eigenvalue weighted by atomic mass is 16.6. The lowest BCUT2D eigenvalue weighted by molar-refractivity contribution is 0.141. The molecule has 0 amide bonds. The van der Waals surface area contributed by atoms with Crippen LogP contribution in [0.15, 0.2) is 29.7 Å². The number of nitrogens with zero attached hydrogens (tertiary/aromatic N) is 4. The Hall–Kier alpha value is -3.18. The van der Waals surface area contributed by atoms with Crippen molar-refractivity contribution < 1.29 is 9.57 Å². The van der Waals surface area contributed by atoms with Gasteiger partial charge in [-0.05, 0) is 64.2 Å². The SMILES string of the molecule is CC1(C)/C(=N/OCCCC#N)c2cc(OC3CCC(N)CC3)ccc2-c2ncnc(N)c21. The van der Waals surface area contributed by atoms with E-state index in [2.05, 4.69) is 21.2 Å². The predicted molar refractivity (Wildman–Crippen MR) is 123 cm³/mol. The number of unbranched alkanes of at least 4 members (excludes halogenated alkanes) is 1. The number of aromatic nitrogens is 2. The number of nitrogens with two attached hydrogens (primary N) is 2. The van der Waals surface area contributed by atoms with Crippen LogP contribution in [0.5, 0.6) is 5.75 Å². The molecule has 168 valence electrons. The number of nitriles is 1. The first-order valence-electron chi connectivity index (χ1n) is 11.2. The third kappa shape index (κ3) is 4.26. The maximum absolute atomic E-state index is 8.76. The summed E-state index contributed by atoms with van der Waals surface area (Å²) in [6, 6.07) is 8.39. The molecule has 0 saturated heterocycles. The molecular weight excluding hydrogens is 404 g/mol. The zero-order valence-electron chi connectivity index (χ0n) is 18.7. The fourth-order valence-corrected chi connectivity index (χ4v) is 4.56. The van der Waals surface area contributed by atoms with Crippen molar-refractivity contribution in [3.63, 3.8) is 0 Å². The van der Waals surface area contributed by atoms with Gasteiger partial charge in [0.15, 0.2) is 0 Å². The van der Waals surface area contributed by atoms with Crippen molar-refractivity contribution in [3.05, 3.63) is 35.7 Å². The van der Waals surface area contributed by atoms with Crippen molar-refractivity contribution in [3.8, 4) is 23.1 Å². The van der Waals surface area contributed by atoms with E-state index in [1.165, 1.54) is 6.33 Å². The van der Waals surface area contributed by atoms with Crippen molar-refractivity contribution in [1.29, 1.82) is 5.26 Å². The van der Waals surface area contributed by atoms with Crippen LogP contribution in [0.3, 0.4) is 0 Å². The smallest absolute Gasteiger partial charge is 0.131 e. The van der Waals surface area contributed by atoms with E-state index in [9.17, 15) is 0 Å². The van der Waals surface area contributed by atoms with Gasteiger partial charge in [-0.1, -0.05) is 5.16 Å². The third-order valence-corrected chi connectivity index (χ3v) is 6.30. The zero-order chi connectivity index (χ0) is 22.7. The Morgan fingerprint density at radius 1 is 1.19 bits per heavy atom. The fraction of sp³-hybridized carbons (Fsp3) is 0.500.